The summed E-state index contributed by atoms with van der Waals surface area (Å²) in [4.78, 5) is 37.8. The molecule has 0 aliphatic rings. The first-order valence-electron chi connectivity index (χ1n) is 6.52. The van der Waals surface area contributed by atoms with Crippen molar-refractivity contribution in [2.75, 3.05) is 0 Å². The van der Waals surface area contributed by atoms with Crippen LogP contribution in [0.2, 0.25) is 0 Å². The zero-order chi connectivity index (χ0) is 15.8. The van der Waals surface area contributed by atoms with Crippen molar-refractivity contribution < 1.29 is 19.5 Å². The molecule has 0 heterocycles. The summed E-state index contributed by atoms with van der Waals surface area (Å²) in [6, 6.07) is -1.09. The van der Waals surface area contributed by atoms with Gasteiger partial charge in [-0.05, 0) is 25.5 Å². The number of carbonyl (C=O) groups is 2. The van der Waals surface area contributed by atoms with E-state index in [1.54, 1.807) is 0 Å². The van der Waals surface area contributed by atoms with E-state index >= 15 is 0 Å². The van der Waals surface area contributed by atoms with Crippen LogP contribution in [0.15, 0.2) is 30.3 Å². The fourth-order valence-corrected chi connectivity index (χ4v) is 2.14. The van der Waals surface area contributed by atoms with E-state index < -0.39 is 29.1 Å². The second-order valence-corrected chi connectivity index (χ2v) is 4.59. The summed E-state index contributed by atoms with van der Waals surface area (Å²) >= 11 is 0. The molecule has 1 N–H and O–H groups in total. The standard InChI is InChI=1S/C15H21NO4/c1-5-8-9-12(13(18)6-2)15(20,14(19)7-3)11(4)16-10-17/h6-7,11-12,20H,2-3,5,8-9H2,1,4H3. The minimum absolute atomic E-state index is 0.302. The van der Waals surface area contributed by atoms with Gasteiger partial charge in [0.1, 0.15) is 0 Å². The summed E-state index contributed by atoms with van der Waals surface area (Å²) in [5.41, 5.74) is -2.10. The highest BCUT2D eigenvalue weighted by atomic mass is 16.3. The van der Waals surface area contributed by atoms with E-state index in [9.17, 15) is 19.5 Å². The summed E-state index contributed by atoms with van der Waals surface area (Å²) in [6.45, 7) is 10.0. The molecule has 0 saturated carbocycles. The molecular formula is C15H21NO4. The van der Waals surface area contributed by atoms with Crippen molar-refractivity contribution in [2.45, 2.75) is 44.8 Å². The third-order valence-electron chi connectivity index (χ3n) is 3.39. The summed E-state index contributed by atoms with van der Waals surface area (Å²) in [7, 11) is 0. The Kier molecular flexibility index (Phi) is 7.59. The highest BCUT2D eigenvalue weighted by molar-refractivity contribution is 6.03. The molecule has 3 unspecified atom stereocenters. The Morgan fingerprint density at radius 1 is 1.40 bits per heavy atom. The first-order valence-corrected chi connectivity index (χ1v) is 6.52. The topological polar surface area (TPSA) is 83.8 Å². The van der Waals surface area contributed by atoms with E-state index in [1.165, 1.54) is 13.0 Å². The van der Waals surface area contributed by atoms with Crippen molar-refractivity contribution in [2.24, 2.45) is 10.9 Å². The SMILES string of the molecule is C=CC(=O)C(CCCC)C(O)(C(=O)C=C)C(C)N=C=O. The van der Waals surface area contributed by atoms with Crippen molar-refractivity contribution in [1.29, 1.82) is 0 Å². The maximum atomic E-state index is 12.0. The van der Waals surface area contributed by atoms with E-state index in [4.69, 9.17) is 0 Å². The van der Waals surface area contributed by atoms with Crippen LogP contribution in [0.1, 0.15) is 33.1 Å². The van der Waals surface area contributed by atoms with Crippen molar-refractivity contribution in [3.05, 3.63) is 25.3 Å². The molecule has 0 aromatic heterocycles. The van der Waals surface area contributed by atoms with Crippen LogP contribution in [0.4, 0.5) is 0 Å². The number of nitrogens with zero attached hydrogens (tertiary/aromatic N) is 1. The van der Waals surface area contributed by atoms with Crippen LogP contribution in [-0.4, -0.2) is 34.4 Å². The molecule has 0 aromatic rings. The summed E-state index contributed by atoms with van der Waals surface area (Å²) in [5, 5.41) is 10.7. The van der Waals surface area contributed by atoms with Crippen molar-refractivity contribution in [3.8, 4) is 0 Å². The quantitative estimate of drug-likeness (QED) is 0.375. The van der Waals surface area contributed by atoms with E-state index in [0.717, 1.165) is 18.6 Å². The third kappa shape index (κ3) is 3.83. The number of rotatable bonds is 10. The van der Waals surface area contributed by atoms with E-state index in [1.807, 2.05) is 6.92 Å². The lowest BCUT2D eigenvalue weighted by atomic mass is 9.74. The average molecular weight is 279 g/mol. The number of aliphatic hydroxyl groups is 1. The van der Waals surface area contributed by atoms with E-state index in [2.05, 4.69) is 18.2 Å². The molecule has 0 radical (unpaired) electrons. The Morgan fingerprint density at radius 3 is 2.40 bits per heavy atom. The number of hydrogen-bond acceptors (Lipinski definition) is 5. The molecule has 0 rings (SSSR count). The van der Waals surface area contributed by atoms with E-state index in [-0.39, 0.29) is 0 Å². The molecule has 0 spiro atoms. The number of aliphatic imine (C=N–C) groups is 1. The van der Waals surface area contributed by atoms with Crippen LogP contribution in [-0.2, 0) is 14.4 Å². The Labute approximate surface area is 119 Å². The van der Waals surface area contributed by atoms with Crippen LogP contribution in [0.25, 0.3) is 0 Å². The number of isocyanates is 1. The molecule has 0 saturated heterocycles. The van der Waals surface area contributed by atoms with Gasteiger partial charge in [-0.25, -0.2) is 4.79 Å². The minimum Gasteiger partial charge on any atom is -0.379 e. The normalized spacial score (nSPS) is 16.1. The highest BCUT2D eigenvalue weighted by Crippen LogP contribution is 2.31. The highest BCUT2D eigenvalue weighted by Gasteiger charge is 2.49. The predicted molar refractivity (Wildman–Crippen MR) is 76.0 cm³/mol. The lowest BCUT2D eigenvalue weighted by Gasteiger charge is -2.35. The van der Waals surface area contributed by atoms with Gasteiger partial charge in [0.25, 0.3) is 0 Å². The van der Waals surface area contributed by atoms with Gasteiger partial charge in [-0.3, -0.25) is 9.59 Å². The second-order valence-electron chi connectivity index (χ2n) is 4.59. The number of hydrogen-bond donors (Lipinski definition) is 1. The molecule has 0 amide bonds. The van der Waals surface area contributed by atoms with Crippen LogP contribution < -0.4 is 0 Å². The lowest BCUT2D eigenvalue weighted by Crippen LogP contribution is -2.55. The molecule has 3 atom stereocenters. The molecular weight excluding hydrogens is 258 g/mol. The van der Waals surface area contributed by atoms with Crippen LogP contribution in [0.3, 0.4) is 0 Å². The maximum Gasteiger partial charge on any atom is 0.235 e. The van der Waals surface area contributed by atoms with Crippen LogP contribution in [0.5, 0.6) is 0 Å². The van der Waals surface area contributed by atoms with Gasteiger partial charge in [0, 0.05) is 0 Å². The predicted octanol–water partition coefficient (Wildman–Crippen LogP) is 1.76. The number of ketones is 2. The Morgan fingerprint density at radius 2 is 2.00 bits per heavy atom. The van der Waals surface area contributed by atoms with Gasteiger partial charge in [-0.15, -0.1) is 0 Å². The van der Waals surface area contributed by atoms with Crippen molar-refractivity contribution >= 4 is 17.6 Å². The molecule has 0 aliphatic heterocycles. The molecule has 5 nitrogen and oxygen atoms in total. The summed E-state index contributed by atoms with van der Waals surface area (Å²) in [5.74, 6) is -2.19. The zero-order valence-electron chi connectivity index (χ0n) is 12.0. The van der Waals surface area contributed by atoms with Gasteiger partial charge in [-0.2, -0.15) is 4.99 Å². The molecule has 0 bridgehead atoms. The van der Waals surface area contributed by atoms with Crippen LogP contribution >= 0.6 is 0 Å². The van der Waals surface area contributed by atoms with Gasteiger partial charge in [0.05, 0.1) is 12.0 Å². The van der Waals surface area contributed by atoms with Gasteiger partial charge in [0.2, 0.25) is 6.08 Å². The smallest absolute Gasteiger partial charge is 0.235 e. The van der Waals surface area contributed by atoms with Crippen LogP contribution in [0, 0.1) is 5.92 Å². The first-order chi connectivity index (χ1) is 9.39. The monoisotopic (exact) mass is 279 g/mol. The first kappa shape index (κ1) is 18.2. The molecule has 0 aliphatic carbocycles. The zero-order valence-corrected chi connectivity index (χ0v) is 12.0. The average Bonchev–Trinajstić information content (AvgIpc) is 2.45. The number of unbranched alkanes of at least 4 members (excludes halogenated alkanes) is 1. The van der Waals surface area contributed by atoms with Gasteiger partial charge in [0.15, 0.2) is 17.2 Å². The fourth-order valence-electron chi connectivity index (χ4n) is 2.14. The Hall–Kier alpha value is -1.84. The van der Waals surface area contributed by atoms with Crippen molar-refractivity contribution in [3.63, 3.8) is 0 Å². The maximum absolute atomic E-state index is 12.0. The largest absolute Gasteiger partial charge is 0.379 e. The Balaban J connectivity index is 5.79. The second kappa shape index (κ2) is 8.35. The lowest BCUT2D eigenvalue weighted by molar-refractivity contribution is -0.147. The fraction of sp³-hybridized carbons (Fsp3) is 0.533. The number of allylic oxidation sites excluding steroid dienone is 1. The van der Waals surface area contributed by atoms with Gasteiger partial charge < -0.3 is 5.11 Å². The van der Waals surface area contributed by atoms with Gasteiger partial charge in [-0.1, -0.05) is 32.9 Å². The molecule has 20 heavy (non-hydrogen) atoms. The van der Waals surface area contributed by atoms with Crippen molar-refractivity contribution in [1.82, 2.24) is 0 Å². The van der Waals surface area contributed by atoms with E-state index in [0.29, 0.717) is 12.8 Å². The molecule has 0 aromatic carbocycles. The minimum atomic E-state index is -2.10. The molecule has 0 fully saturated rings. The Bertz CT molecular complexity index is 437. The van der Waals surface area contributed by atoms with Gasteiger partial charge >= 0.3 is 0 Å². The third-order valence-corrected chi connectivity index (χ3v) is 3.39. The summed E-state index contributed by atoms with van der Waals surface area (Å²) < 4.78 is 0. The molecule has 110 valence electrons. The number of carbonyl (C=O) groups excluding carboxylic acids is 3. The summed E-state index contributed by atoms with van der Waals surface area (Å²) in [6.07, 6.45) is 5.06. The molecule has 5 heteroatoms.